The second kappa shape index (κ2) is 8.52. The van der Waals surface area contributed by atoms with Crippen molar-refractivity contribution >= 4 is 15.9 Å². The Hall–Kier alpha value is -2.82. The maximum atomic E-state index is 12.3. The molecular formula is C19H20N2O4S. The highest BCUT2D eigenvalue weighted by Crippen LogP contribution is 2.22. The third-order valence-corrected chi connectivity index (χ3v) is 4.92. The van der Waals surface area contributed by atoms with Gasteiger partial charge in [0.2, 0.25) is 10.0 Å². The number of ether oxygens (including phenoxy) is 1. The lowest BCUT2D eigenvalue weighted by molar-refractivity contribution is 0.0827. The number of methoxy groups -OCH3 is 1. The van der Waals surface area contributed by atoms with E-state index in [1.807, 2.05) is 0 Å². The van der Waals surface area contributed by atoms with Gasteiger partial charge in [0.05, 0.1) is 13.7 Å². The Labute approximate surface area is 153 Å². The quantitative estimate of drug-likeness (QED) is 0.811. The standard InChI is InChI=1S/C19H20N2O4S/c1-21(2)19(22)16-12-10-15(11-13-16)7-6-14-20-26(23,24)18-9-5-4-8-17(18)25-3/h4-5,8-13,20H,14H2,1-3H3. The number of sulfonamides is 1. The van der Waals surface area contributed by atoms with Crippen molar-refractivity contribution in [2.24, 2.45) is 0 Å². The first-order chi connectivity index (χ1) is 12.3. The molecule has 0 spiro atoms. The molecule has 0 aromatic heterocycles. The monoisotopic (exact) mass is 372 g/mol. The van der Waals surface area contributed by atoms with Crippen molar-refractivity contribution in [3.8, 4) is 17.6 Å². The minimum absolute atomic E-state index is 0.0429. The van der Waals surface area contributed by atoms with Crippen molar-refractivity contribution < 1.29 is 17.9 Å². The lowest BCUT2D eigenvalue weighted by Crippen LogP contribution is -2.24. The number of rotatable bonds is 5. The van der Waals surface area contributed by atoms with E-state index in [4.69, 9.17) is 4.74 Å². The predicted octanol–water partition coefficient (Wildman–Crippen LogP) is 1.73. The van der Waals surface area contributed by atoms with Crippen LogP contribution >= 0.6 is 0 Å². The van der Waals surface area contributed by atoms with Gasteiger partial charge in [-0.1, -0.05) is 24.0 Å². The first-order valence-corrected chi connectivity index (χ1v) is 9.27. The first kappa shape index (κ1) is 19.5. The lowest BCUT2D eigenvalue weighted by Gasteiger charge is -2.09. The minimum atomic E-state index is -3.71. The Morgan fingerprint density at radius 2 is 1.77 bits per heavy atom. The van der Waals surface area contributed by atoms with Crippen LogP contribution in [0.25, 0.3) is 0 Å². The van der Waals surface area contributed by atoms with Crippen LogP contribution in [0.15, 0.2) is 53.4 Å². The average Bonchev–Trinajstić information content (AvgIpc) is 2.65. The molecule has 0 fully saturated rings. The number of nitrogens with one attached hydrogen (secondary N) is 1. The van der Waals surface area contributed by atoms with Crippen LogP contribution in [-0.4, -0.2) is 47.0 Å². The topological polar surface area (TPSA) is 75.7 Å². The largest absolute Gasteiger partial charge is 0.495 e. The Morgan fingerprint density at radius 1 is 1.12 bits per heavy atom. The van der Waals surface area contributed by atoms with Crippen molar-refractivity contribution in [1.29, 1.82) is 0 Å². The van der Waals surface area contributed by atoms with Gasteiger partial charge in [0.25, 0.3) is 5.91 Å². The van der Waals surface area contributed by atoms with E-state index in [2.05, 4.69) is 16.6 Å². The van der Waals surface area contributed by atoms with Crippen molar-refractivity contribution in [1.82, 2.24) is 9.62 Å². The summed E-state index contributed by atoms with van der Waals surface area (Å²) in [6, 6.07) is 13.2. The van der Waals surface area contributed by atoms with E-state index in [0.717, 1.165) is 0 Å². The van der Waals surface area contributed by atoms with Crippen LogP contribution in [0.5, 0.6) is 5.75 Å². The Bertz CT molecular complexity index is 939. The molecule has 2 rings (SSSR count). The number of carbonyl (C=O) groups excluding carboxylic acids is 1. The zero-order chi connectivity index (χ0) is 19.2. The molecule has 2 aromatic rings. The highest BCUT2D eigenvalue weighted by molar-refractivity contribution is 7.89. The van der Waals surface area contributed by atoms with Gasteiger partial charge < -0.3 is 9.64 Å². The summed E-state index contributed by atoms with van der Waals surface area (Å²) in [6.07, 6.45) is 0. The average molecular weight is 372 g/mol. The number of hydrogen-bond donors (Lipinski definition) is 1. The third kappa shape index (κ3) is 4.85. The summed E-state index contributed by atoms with van der Waals surface area (Å²) < 4.78 is 32.1. The summed E-state index contributed by atoms with van der Waals surface area (Å²) in [4.78, 5) is 13.4. The van der Waals surface area contributed by atoms with E-state index in [1.165, 1.54) is 18.1 Å². The molecular weight excluding hydrogens is 352 g/mol. The fourth-order valence-corrected chi connectivity index (χ4v) is 3.24. The zero-order valence-corrected chi connectivity index (χ0v) is 15.6. The second-order valence-electron chi connectivity index (χ2n) is 5.55. The number of nitrogens with zero attached hydrogens (tertiary/aromatic N) is 1. The molecule has 0 bridgehead atoms. The van der Waals surface area contributed by atoms with Crippen molar-refractivity contribution in [3.63, 3.8) is 0 Å². The van der Waals surface area contributed by atoms with E-state index in [0.29, 0.717) is 11.1 Å². The molecule has 1 N–H and O–H groups in total. The molecule has 6 nitrogen and oxygen atoms in total. The second-order valence-corrected chi connectivity index (χ2v) is 7.29. The lowest BCUT2D eigenvalue weighted by atomic mass is 10.1. The van der Waals surface area contributed by atoms with E-state index in [1.54, 1.807) is 56.6 Å². The Balaban J connectivity index is 2.03. The van der Waals surface area contributed by atoms with E-state index in [9.17, 15) is 13.2 Å². The van der Waals surface area contributed by atoms with Gasteiger partial charge in [-0.2, -0.15) is 4.72 Å². The van der Waals surface area contributed by atoms with Crippen molar-refractivity contribution in [2.75, 3.05) is 27.7 Å². The highest BCUT2D eigenvalue weighted by atomic mass is 32.2. The smallest absolute Gasteiger partial charge is 0.253 e. The van der Waals surface area contributed by atoms with E-state index >= 15 is 0 Å². The van der Waals surface area contributed by atoms with Gasteiger partial charge >= 0.3 is 0 Å². The highest BCUT2D eigenvalue weighted by Gasteiger charge is 2.17. The maximum absolute atomic E-state index is 12.3. The number of para-hydroxylation sites is 1. The normalized spacial score (nSPS) is 10.6. The molecule has 0 heterocycles. The molecule has 7 heteroatoms. The van der Waals surface area contributed by atoms with E-state index < -0.39 is 10.0 Å². The summed E-state index contributed by atoms with van der Waals surface area (Å²) in [5, 5.41) is 0. The van der Waals surface area contributed by atoms with Crippen LogP contribution in [0.4, 0.5) is 0 Å². The molecule has 26 heavy (non-hydrogen) atoms. The SMILES string of the molecule is COc1ccccc1S(=O)(=O)NCC#Cc1ccc(C(=O)N(C)C)cc1. The van der Waals surface area contributed by atoms with Crippen LogP contribution in [0, 0.1) is 11.8 Å². The Kier molecular flexibility index (Phi) is 6.39. The van der Waals surface area contributed by atoms with Gasteiger partial charge in [-0.15, -0.1) is 0 Å². The molecule has 136 valence electrons. The summed E-state index contributed by atoms with van der Waals surface area (Å²) in [5.74, 6) is 5.80. The van der Waals surface area contributed by atoms with Crippen LogP contribution in [0.2, 0.25) is 0 Å². The van der Waals surface area contributed by atoms with E-state index in [-0.39, 0.29) is 23.1 Å². The van der Waals surface area contributed by atoms with Gasteiger partial charge in [-0.05, 0) is 36.4 Å². The molecule has 2 aromatic carbocycles. The number of carbonyl (C=O) groups is 1. The molecule has 0 aliphatic rings. The fourth-order valence-electron chi connectivity index (χ4n) is 2.15. The number of benzene rings is 2. The van der Waals surface area contributed by atoms with Crippen LogP contribution in [0.1, 0.15) is 15.9 Å². The molecule has 0 atom stereocenters. The molecule has 0 saturated carbocycles. The fraction of sp³-hybridized carbons (Fsp3) is 0.211. The summed E-state index contributed by atoms with van der Waals surface area (Å²) in [5.41, 5.74) is 1.26. The molecule has 1 amide bonds. The summed E-state index contributed by atoms with van der Waals surface area (Å²) in [6.45, 7) is -0.0429. The van der Waals surface area contributed by atoms with Crippen molar-refractivity contribution in [3.05, 3.63) is 59.7 Å². The molecule has 0 unspecified atom stereocenters. The van der Waals surface area contributed by atoms with Gasteiger partial charge in [-0.3, -0.25) is 4.79 Å². The molecule has 0 radical (unpaired) electrons. The van der Waals surface area contributed by atoms with Gasteiger partial charge in [0.15, 0.2) is 0 Å². The molecule has 0 saturated heterocycles. The maximum Gasteiger partial charge on any atom is 0.253 e. The summed E-state index contributed by atoms with van der Waals surface area (Å²) in [7, 11) is 1.07. The first-order valence-electron chi connectivity index (χ1n) is 7.78. The van der Waals surface area contributed by atoms with Gasteiger partial charge in [0.1, 0.15) is 10.6 Å². The molecule has 0 aliphatic carbocycles. The Morgan fingerprint density at radius 3 is 2.38 bits per heavy atom. The van der Waals surface area contributed by atoms with Gasteiger partial charge in [0, 0.05) is 25.2 Å². The van der Waals surface area contributed by atoms with Crippen molar-refractivity contribution in [2.45, 2.75) is 4.90 Å². The summed E-state index contributed by atoms with van der Waals surface area (Å²) >= 11 is 0. The third-order valence-electron chi connectivity index (χ3n) is 3.48. The molecule has 0 aliphatic heterocycles. The zero-order valence-electron chi connectivity index (χ0n) is 14.8. The van der Waals surface area contributed by atoms with Crippen LogP contribution < -0.4 is 9.46 Å². The van der Waals surface area contributed by atoms with Crippen LogP contribution in [-0.2, 0) is 10.0 Å². The van der Waals surface area contributed by atoms with Crippen LogP contribution in [0.3, 0.4) is 0 Å². The predicted molar refractivity (Wildman–Crippen MR) is 99.5 cm³/mol. The van der Waals surface area contributed by atoms with Gasteiger partial charge in [-0.25, -0.2) is 8.42 Å². The number of hydrogen-bond acceptors (Lipinski definition) is 4. The minimum Gasteiger partial charge on any atom is -0.495 e. The number of amides is 1.